The largest absolute Gasteiger partial charge is 0.610 e. The number of carbonyl (C=O) groups excluding carboxylic acids is 2. The first kappa shape index (κ1) is 18.2. The molecule has 8 nitrogen and oxygen atoms in total. The summed E-state index contributed by atoms with van der Waals surface area (Å²) in [6, 6.07) is 5.39. The quantitative estimate of drug-likeness (QED) is 0.243. The maximum atomic E-state index is 12.8. The summed E-state index contributed by atoms with van der Waals surface area (Å²) in [5.41, 5.74) is -0.0951. The Morgan fingerprint density at radius 1 is 1.38 bits per heavy atom. The van der Waals surface area contributed by atoms with Gasteiger partial charge in [0.1, 0.15) is 5.92 Å². The van der Waals surface area contributed by atoms with E-state index in [9.17, 15) is 24.3 Å². The zero-order chi connectivity index (χ0) is 17.9. The van der Waals surface area contributed by atoms with Gasteiger partial charge < -0.3 is 9.29 Å². The van der Waals surface area contributed by atoms with Crippen LogP contribution in [0.5, 0.6) is 0 Å². The molecule has 9 heteroatoms. The molecule has 0 aromatic heterocycles. The van der Waals surface area contributed by atoms with Gasteiger partial charge in [-0.15, -0.1) is 0 Å². The highest BCUT2D eigenvalue weighted by atomic mass is 32.2. The average Bonchev–Trinajstić information content (AvgIpc) is 2.55. The lowest BCUT2D eigenvalue weighted by atomic mass is 9.94. The van der Waals surface area contributed by atoms with Crippen LogP contribution in [-0.4, -0.2) is 38.4 Å². The van der Waals surface area contributed by atoms with E-state index < -0.39 is 33.4 Å². The summed E-state index contributed by atoms with van der Waals surface area (Å²) in [7, 11) is 0. The summed E-state index contributed by atoms with van der Waals surface area (Å²) in [5.74, 6) is -1.12. The van der Waals surface area contributed by atoms with Crippen LogP contribution >= 0.6 is 0 Å². The zero-order valence-electron chi connectivity index (χ0n) is 13.3. The number of likely N-dealkylation sites (tertiary alicyclic amines) is 1. The molecule has 0 aliphatic carbocycles. The lowest BCUT2D eigenvalue weighted by Gasteiger charge is -2.45. The summed E-state index contributed by atoms with van der Waals surface area (Å²) < 4.78 is 17.7. The number of benzene rings is 1. The predicted molar refractivity (Wildman–Crippen MR) is 85.2 cm³/mol. The van der Waals surface area contributed by atoms with E-state index in [2.05, 4.69) is 0 Å². The van der Waals surface area contributed by atoms with E-state index in [1.807, 2.05) is 6.92 Å². The third-order valence-corrected chi connectivity index (χ3v) is 5.52. The van der Waals surface area contributed by atoms with E-state index >= 15 is 0 Å². The maximum absolute atomic E-state index is 12.8. The van der Waals surface area contributed by atoms with Gasteiger partial charge in [-0.2, -0.15) is 0 Å². The normalized spacial score (nSPS) is 21.1. The summed E-state index contributed by atoms with van der Waals surface area (Å²) in [6.45, 7) is 2.92. The zero-order valence-corrected chi connectivity index (χ0v) is 14.2. The summed E-state index contributed by atoms with van der Waals surface area (Å²) in [4.78, 5) is 34.9. The fourth-order valence-corrected chi connectivity index (χ4v) is 4.21. The van der Waals surface area contributed by atoms with Gasteiger partial charge in [0, 0.05) is 42.4 Å². The van der Waals surface area contributed by atoms with Crippen LogP contribution in [0, 0.1) is 16.0 Å². The van der Waals surface area contributed by atoms with Crippen molar-refractivity contribution < 1.29 is 23.8 Å². The van der Waals surface area contributed by atoms with Crippen molar-refractivity contribution in [3.8, 4) is 0 Å². The molecule has 1 fully saturated rings. The Balaban J connectivity index is 2.18. The molecular formula is C15H18N2O6S. The van der Waals surface area contributed by atoms with Gasteiger partial charge in [0.15, 0.2) is 11.6 Å². The molecule has 1 aromatic rings. The molecule has 0 bridgehead atoms. The molecule has 0 N–H and O–H groups in total. The van der Waals surface area contributed by atoms with Crippen LogP contribution in [0.2, 0.25) is 0 Å². The van der Waals surface area contributed by atoms with Crippen molar-refractivity contribution in [2.75, 3.05) is 6.73 Å². The van der Waals surface area contributed by atoms with Gasteiger partial charge in [0.2, 0.25) is 11.3 Å². The fourth-order valence-electron chi connectivity index (χ4n) is 2.58. The van der Waals surface area contributed by atoms with Crippen LogP contribution in [0.25, 0.3) is 0 Å². The van der Waals surface area contributed by atoms with E-state index in [-0.39, 0.29) is 18.3 Å². The molecule has 0 radical (unpaired) electrons. The number of ether oxygens (including phenoxy) is 1. The van der Waals surface area contributed by atoms with Crippen LogP contribution < -0.4 is 0 Å². The molecule has 1 amide bonds. The number of non-ortho nitro benzene ring substituents is 1. The molecule has 0 saturated carbocycles. The smallest absolute Gasteiger partial charge is 0.304 e. The van der Waals surface area contributed by atoms with Crippen molar-refractivity contribution >= 4 is 28.7 Å². The fraction of sp³-hybridized carbons (Fsp3) is 0.467. The number of nitrogens with zero attached hydrogens (tertiary/aromatic N) is 2. The number of amides is 1. The van der Waals surface area contributed by atoms with Crippen LogP contribution in [0.4, 0.5) is 5.69 Å². The molecule has 1 aromatic carbocycles. The SMILES string of the molecule is CCCC1C(=O)N(COC(C)=O)C1[S+]([O-])c1ccc([N+](=O)[O-])cc1. The minimum Gasteiger partial charge on any atom is -0.610 e. The highest BCUT2D eigenvalue weighted by molar-refractivity contribution is 7.92. The molecule has 1 aliphatic rings. The number of nitro benzene ring substituents is 1. The van der Waals surface area contributed by atoms with Crippen molar-refractivity contribution in [3.63, 3.8) is 0 Å². The Labute approximate surface area is 142 Å². The lowest BCUT2D eigenvalue weighted by molar-refractivity contribution is -0.384. The van der Waals surface area contributed by atoms with Gasteiger partial charge in [0.25, 0.3) is 5.69 Å². The van der Waals surface area contributed by atoms with Crippen LogP contribution in [0.3, 0.4) is 0 Å². The number of carbonyl (C=O) groups is 2. The average molecular weight is 354 g/mol. The highest BCUT2D eigenvalue weighted by Crippen LogP contribution is 2.37. The number of hydrogen-bond acceptors (Lipinski definition) is 6. The molecule has 0 spiro atoms. The second-order valence-corrected chi connectivity index (χ2v) is 6.96. The second-order valence-electron chi connectivity index (χ2n) is 5.41. The van der Waals surface area contributed by atoms with E-state index in [1.54, 1.807) is 0 Å². The third-order valence-electron chi connectivity index (χ3n) is 3.76. The number of esters is 1. The molecule has 3 atom stereocenters. The molecule has 1 aliphatic heterocycles. The minimum atomic E-state index is -1.57. The number of rotatable bonds is 7. The van der Waals surface area contributed by atoms with Crippen molar-refractivity contribution in [3.05, 3.63) is 34.4 Å². The van der Waals surface area contributed by atoms with Gasteiger partial charge in [-0.05, 0) is 6.42 Å². The summed E-state index contributed by atoms with van der Waals surface area (Å²) >= 11 is -1.57. The molecular weight excluding hydrogens is 336 g/mol. The van der Waals surface area contributed by atoms with Crippen LogP contribution in [0.15, 0.2) is 29.2 Å². The van der Waals surface area contributed by atoms with Gasteiger partial charge in [-0.1, -0.05) is 13.3 Å². The van der Waals surface area contributed by atoms with E-state index in [4.69, 9.17) is 4.74 Å². The highest BCUT2D eigenvalue weighted by Gasteiger charge is 2.54. The van der Waals surface area contributed by atoms with Crippen molar-refractivity contribution in [2.45, 2.75) is 37.0 Å². The monoisotopic (exact) mass is 354 g/mol. The third kappa shape index (κ3) is 3.68. The maximum Gasteiger partial charge on any atom is 0.304 e. The first-order valence-electron chi connectivity index (χ1n) is 7.45. The Bertz CT molecular complexity index is 635. The Kier molecular flexibility index (Phi) is 5.79. The predicted octanol–water partition coefficient (Wildman–Crippen LogP) is 1.81. The Hall–Kier alpha value is -2.13. The molecule has 24 heavy (non-hydrogen) atoms. The Morgan fingerprint density at radius 3 is 2.50 bits per heavy atom. The van der Waals surface area contributed by atoms with Gasteiger partial charge in [-0.3, -0.25) is 24.6 Å². The molecule has 1 heterocycles. The molecule has 2 rings (SSSR count). The van der Waals surface area contributed by atoms with Crippen LogP contribution in [-0.2, 0) is 25.5 Å². The second kappa shape index (κ2) is 7.63. The van der Waals surface area contributed by atoms with Gasteiger partial charge >= 0.3 is 5.97 Å². The van der Waals surface area contributed by atoms with Crippen molar-refractivity contribution in [1.29, 1.82) is 0 Å². The van der Waals surface area contributed by atoms with E-state index in [0.717, 1.165) is 6.42 Å². The van der Waals surface area contributed by atoms with E-state index in [0.29, 0.717) is 11.3 Å². The molecule has 3 unspecified atom stereocenters. The standard InChI is InChI=1S/C15H18N2O6S/c1-3-4-13-14(19)16(9-23-10(2)18)15(13)24(22)12-7-5-11(6-8-12)17(20)21/h5-8,13,15H,3-4,9H2,1-2H3. The molecule has 1 saturated heterocycles. The number of hydrogen-bond donors (Lipinski definition) is 0. The van der Waals surface area contributed by atoms with Crippen LogP contribution in [0.1, 0.15) is 26.7 Å². The molecule has 130 valence electrons. The topological polar surface area (TPSA) is 113 Å². The number of nitro groups is 1. The van der Waals surface area contributed by atoms with Gasteiger partial charge in [-0.25, -0.2) is 0 Å². The van der Waals surface area contributed by atoms with Crippen molar-refractivity contribution in [1.82, 2.24) is 4.90 Å². The first-order chi connectivity index (χ1) is 11.4. The Morgan fingerprint density at radius 2 is 2.00 bits per heavy atom. The first-order valence-corrected chi connectivity index (χ1v) is 8.67. The minimum absolute atomic E-state index is 0.0951. The van der Waals surface area contributed by atoms with Crippen molar-refractivity contribution in [2.24, 2.45) is 5.92 Å². The van der Waals surface area contributed by atoms with Gasteiger partial charge in [0.05, 0.1) is 4.92 Å². The lowest BCUT2D eigenvalue weighted by Crippen LogP contribution is -2.64. The summed E-state index contributed by atoms with van der Waals surface area (Å²) in [6.07, 6.45) is 1.34. The van der Waals surface area contributed by atoms with E-state index in [1.165, 1.54) is 36.1 Å². The number of β-lactam (4-membered cyclic amide) rings is 1. The summed E-state index contributed by atoms with van der Waals surface area (Å²) in [5, 5.41) is 10.1.